The van der Waals surface area contributed by atoms with Gasteiger partial charge in [-0.2, -0.15) is 0 Å². The van der Waals surface area contributed by atoms with Crippen LogP contribution in [0.5, 0.6) is 0 Å². The van der Waals surface area contributed by atoms with E-state index >= 15 is 0 Å². The first kappa shape index (κ1) is 22.0. The van der Waals surface area contributed by atoms with E-state index in [4.69, 9.17) is 26.1 Å². The van der Waals surface area contributed by atoms with Gasteiger partial charge in [-0.25, -0.2) is 4.79 Å². The highest BCUT2D eigenvalue weighted by molar-refractivity contribution is 7.80. The molecule has 0 amide bonds. The van der Waals surface area contributed by atoms with Gasteiger partial charge in [-0.15, -0.1) is 0 Å². The number of carbonyl (C=O) groups excluding carboxylic acids is 1. The molecule has 32 heavy (non-hydrogen) atoms. The molecule has 1 aliphatic rings. The third-order valence-corrected chi connectivity index (χ3v) is 5.78. The largest absolute Gasteiger partial charge is 0.465 e. The SMILES string of the molecule is COCCCN1C(=S)N[C@H](c2ccccn2)[C@@H]1c1ccc(-c2cccc(C(=O)OC)c2)o1. The zero-order valence-corrected chi connectivity index (χ0v) is 18.8. The van der Waals surface area contributed by atoms with E-state index in [1.165, 1.54) is 7.11 Å². The summed E-state index contributed by atoms with van der Waals surface area (Å²) >= 11 is 5.66. The Morgan fingerprint density at radius 3 is 2.81 bits per heavy atom. The average Bonchev–Trinajstić information content (AvgIpc) is 3.44. The number of ether oxygens (including phenoxy) is 2. The summed E-state index contributed by atoms with van der Waals surface area (Å²) in [4.78, 5) is 18.6. The molecule has 7 nitrogen and oxygen atoms in total. The van der Waals surface area contributed by atoms with Crippen molar-refractivity contribution in [2.45, 2.75) is 18.5 Å². The summed E-state index contributed by atoms with van der Waals surface area (Å²) in [6.07, 6.45) is 2.61. The standard InChI is InChI=1S/C24H25N3O4S/c1-29-14-6-13-27-22(21(26-24(27)32)18-9-3-4-12-25-18)20-11-10-19(31-20)16-7-5-8-17(15-16)23(28)30-2/h3-5,7-12,15,21-22H,6,13-14H2,1-2H3,(H,26,32)/t21-,22+/m1/s1. The van der Waals surface area contributed by atoms with Crippen molar-refractivity contribution in [3.8, 4) is 11.3 Å². The Balaban J connectivity index is 1.67. The summed E-state index contributed by atoms with van der Waals surface area (Å²) in [6, 6.07) is 16.6. The molecule has 0 unspecified atom stereocenters. The fourth-order valence-electron chi connectivity index (χ4n) is 3.92. The van der Waals surface area contributed by atoms with Crippen LogP contribution in [0.3, 0.4) is 0 Å². The van der Waals surface area contributed by atoms with Crippen LogP contribution in [0.4, 0.5) is 0 Å². The first-order valence-electron chi connectivity index (χ1n) is 10.4. The minimum absolute atomic E-state index is 0.147. The van der Waals surface area contributed by atoms with Crippen LogP contribution < -0.4 is 5.32 Å². The monoisotopic (exact) mass is 451 g/mol. The number of nitrogens with zero attached hydrogens (tertiary/aromatic N) is 2. The molecule has 1 fully saturated rings. The quantitative estimate of drug-likeness (QED) is 0.311. The highest BCUT2D eigenvalue weighted by atomic mass is 32.1. The van der Waals surface area contributed by atoms with E-state index in [1.54, 1.807) is 25.4 Å². The second kappa shape index (κ2) is 9.93. The van der Waals surface area contributed by atoms with Crippen molar-refractivity contribution in [1.29, 1.82) is 0 Å². The molecule has 166 valence electrons. The van der Waals surface area contributed by atoms with Gasteiger partial charge >= 0.3 is 5.97 Å². The molecule has 0 saturated carbocycles. The molecule has 2 atom stereocenters. The molecule has 0 aliphatic carbocycles. The van der Waals surface area contributed by atoms with Crippen molar-refractivity contribution >= 4 is 23.3 Å². The van der Waals surface area contributed by atoms with E-state index in [-0.39, 0.29) is 18.1 Å². The van der Waals surface area contributed by atoms with Crippen LogP contribution >= 0.6 is 12.2 Å². The summed E-state index contributed by atoms with van der Waals surface area (Å²) in [7, 11) is 3.06. The maximum absolute atomic E-state index is 11.9. The lowest BCUT2D eigenvalue weighted by molar-refractivity contribution is 0.0601. The van der Waals surface area contributed by atoms with E-state index in [9.17, 15) is 4.79 Å². The number of carbonyl (C=O) groups is 1. The number of thiocarbonyl (C=S) groups is 1. The van der Waals surface area contributed by atoms with Crippen molar-refractivity contribution in [3.63, 3.8) is 0 Å². The summed E-state index contributed by atoms with van der Waals surface area (Å²) in [5.74, 6) is 1.05. The van der Waals surface area contributed by atoms with Gasteiger partial charge < -0.3 is 24.1 Å². The molecule has 1 N–H and O–H groups in total. The summed E-state index contributed by atoms with van der Waals surface area (Å²) < 4.78 is 16.4. The van der Waals surface area contributed by atoms with Gasteiger partial charge in [-0.3, -0.25) is 4.98 Å². The molecular formula is C24H25N3O4S. The van der Waals surface area contributed by atoms with Crippen molar-refractivity contribution in [3.05, 3.63) is 77.8 Å². The molecule has 0 bridgehead atoms. The van der Waals surface area contributed by atoms with Crippen molar-refractivity contribution in [2.75, 3.05) is 27.4 Å². The molecule has 1 aliphatic heterocycles. The maximum atomic E-state index is 11.9. The van der Waals surface area contributed by atoms with Crippen molar-refractivity contribution in [2.24, 2.45) is 0 Å². The van der Waals surface area contributed by atoms with Gasteiger partial charge in [-0.1, -0.05) is 18.2 Å². The zero-order chi connectivity index (χ0) is 22.5. The first-order valence-corrected chi connectivity index (χ1v) is 10.8. The summed E-state index contributed by atoms with van der Waals surface area (Å²) in [5.41, 5.74) is 2.16. The highest BCUT2D eigenvalue weighted by Gasteiger charge is 2.41. The minimum Gasteiger partial charge on any atom is -0.465 e. The molecule has 8 heteroatoms. The van der Waals surface area contributed by atoms with Crippen LogP contribution in [0.15, 0.2) is 65.2 Å². The topological polar surface area (TPSA) is 76.8 Å². The number of nitrogens with one attached hydrogen (secondary N) is 1. The number of hydrogen-bond donors (Lipinski definition) is 1. The number of esters is 1. The Kier molecular flexibility index (Phi) is 6.82. The van der Waals surface area contributed by atoms with Crippen LogP contribution in [-0.4, -0.2) is 48.3 Å². The number of benzene rings is 1. The number of rotatable bonds is 8. The molecule has 1 aromatic carbocycles. The van der Waals surface area contributed by atoms with Gasteiger partial charge in [0.05, 0.1) is 24.4 Å². The van der Waals surface area contributed by atoms with E-state index in [2.05, 4.69) is 15.2 Å². The number of methoxy groups -OCH3 is 2. The molecule has 0 spiro atoms. The second-order valence-electron chi connectivity index (χ2n) is 7.44. The Morgan fingerprint density at radius 2 is 2.06 bits per heavy atom. The molecule has 3 aromatic rings. The molecule has 2 aromatic heterocycles. The van der Waals surface area contributed by atoms with Crippen molar-refractivity contribution < 1.29 is 18.7 Å². The Bertz CT molecular complexity index is 1090. The maximum Gasteiger partial charge on any atom is 0.337 e. The van der Waals surface area contributed by atoms with Crippen molar-refractivity contribution in [1.82, 2.24) is 15.2 Å². The minimum atomic E-state index is -0.386. The lowest BCUT2D eigenvalue weighted by Crippen LogP contribution is -2.31. The Labute approximate surface area is 192 Å². The predicted molar refractivity (Wildman–Crippen MR) is 124 cm³/mol. The Morgan fingerprint density at radius 1 is 1.19 bits per heavy atom. The van der Waals surface area contributed by atoms with Gasteiger partial charge in [0.15, 0.2) is 5.11 Å². The predicted octanol–water partition coefficient (Wildman–Crippen LogP) is 4.14. The molecule has 0 radical (unpaired) electrons. The lowest BCUT2D eigenvalue weighted by Gasteiger charge is -2.26. The molecule has 4 rings (SSSR count). The summed E-state index contributed by atoms with van der Waals surface area (Å²) in [5, 5.41) is 4.07. The summed E-state index contributed by atoms with van der Waals surface area (Å²) in [6.45, 7) is 1.37. The van der Waals surface area contributed by atoms with Crippen LogP contribution in [0.25, 0.3) is 11.3 Å². The van der Waals surface area contributed by atoms with E-state index in [1.807, 2.05) is 42.5 Å². The van der Waals surface area contributed by atoms with Gasteiger partial charge in [0.25, 0.3) is 0 Å². The number of pyridine rings is 1. The zero-order valence-electron chi connectivity index (χ0n) is 18.0. The molecule has 1 saturated heterocycles. The van der Waals surface area contributed by atoms with Gasteiger partial charge in [-0.05, 0) is 55.0 Å². The van der Waals surface area contributed by atoms with E-state index in [0.717, 1.165) is 30.0 Å². The number of furan rings is 1. The Hall–Kier alpha value is -3.23. The fourth-order valence-corrected chi connectivity index (χ4v) is 4.25. The van der Waals surface area contributed by atoms with Gasteiger partial charge in [0.2, 0.25) is 0 Å². The third kappa shape index (κ3) is 4.51. The van der Waals surface area contributed by atoms with Crippen LogP contribution in [-0.2, 0) is 9.47 Å². The van der Waals surface area contributed by atoms with E-state index in [0.29, 0.717) is 23.0 Å². The van der Waals surface area contributed by atoms with Crippen LogP contribution in [0, 0.1) is 0 Å². The van der Waals surface area contributed by atoms with Crippen LogP contribution in [0.2, 0.25) is 0 Å². The van der Waals surface area contributed by atoms with Gasteiger partial charge in [0, 0.05) is 32.0 Å². The second-order valence-corrected chi connectivity index (χ2v) is 7.83. The average molecular weight is 452 g/mol. The number of aromatic nitrogens is 1. The van der Waals surface area contributed by atoms with E-state index < -0.39 is 0 Å². The normalized spacial score (nSPS) is 17.9. The highest BCUT2D eigenvalue weighted by Crippen LogP contribution is 2.40. The van der Waals surface area contributed by atoms with Crippen LogP contribution in [0.1, 0.15) is 40.3 Å². The first-order chi connectivity index (χ1) is 15.6. The van der Waals surface area contributed by atoms with Gasteiger partial charge in [0.1, 0.15) is 17.6 Å². The number of hydrogen-bond acceptors (Lipinski definition) is 6. The third-order valence-electron chi connectivity index (χ3n) is 5.43. The lowest BCUT2D eigenvalue weighted by atomic mass is 10.0. The fraction of sp³-hybridized carbons (Fsp3) is 0.292. The molecular weight excluding hydrogens is 426 g/mol. The smallest absolute Gasteiger partial charge is 0.337 e. The molecule has 3 heterocycles.